The van der Waals surface area contributed by atoms with Crippen LogP contribution in [0.4, 0.5) is 0 Å². The highest BCUT2D eigenvalue weighted by Crippen LogP contribution is 2.27. The van der Waals surface area contributed by atoms with Crippen LogP contribution in [0.5, 0.6) is 0 Å². The van der Waals surface area contributed by atoms with Crippen molar-refractivity contribution in [2.45, 2.75) is 43.6 Å². The number of carbonyl (C=O) groups is 1. The van der Waals surface area contributed by atoms with Gasteiger partial charge in [0.2, 0.25) is 5.91 Å². The fraction of sp³-hybridized carbons (Fsp3) is 0.588. The lowest BCUT2D eigenvalue weighted by Gasteiger charge is -2.29. The second kappa shape index (κ2) is 8.40. The SMILES string of the molecule is CNC(=O)C[C@H]1[C@@H](O)[C@H](O)[C@H](CO)N1CCCc1ccccc1. The van der Waals surface area contributed by atoms with Gasteiger partial charge in [-0.25, -0.2) is 0 Å². The van der Waals surface area contributed by atoms with Gasteiger partial charge in [-0.05, 0) is 24.9 Å². The molecule has 4 atom stereocenters. The number of rotatable bonds is 7. The molecule has 1 heterocycles. The summed E-state index contributed by atoms with van der Waals surface area (Å²) >= 11 is 0. The zero-order valence-electron chi connectivity index (χ0n) is 13.4. The van der Waals surface area contributed by atoms with Crippen molar-refractivity contribution in [1.82, 2.24) is 10.2 Å². The van der Waals surface area contributed by atoms with Gasteiger partial charge in [-0.15, -0.1) is 0 Å². The first-order chi connectivity index (χ1) is 11.1. The van der Waals surface area contributed by atoms with Crippen molar-refractivity contribution in [1.29, 1.82) is 0 Å². The van der Waals surface area contributed by atoms with E-state index in [9.17, 15) is 20.1 Å². The van der Waals surface area contributed by atoms with Crippen LogP contribution in [-0.4, -0.2) is 70.6 Å². The summed E-state index contributed by atoms with van der Waals surface area (Å²) in [5.41, 5.74) is 1.22. The number of carbonyl (C=O) groups excluding carboxylic acids is 1. The van der Waals surface area contributed by atoms with Crippen LogP contribution in [0.1, 0.15) is 18.4 Å². The first kappa shape index (κ1) is 17.9. The minimum absolute atomic E-state index is 0.108. The van der Waals surface area contributed by atoms with Crippen LogP contribution < -0.4 is 5.32 Å². The minimum atomic E-state index is -1.04. The molecule has 0 aliphatic carbocycles. The lowest BCUT2D eigenvalue weighted by Crippen LogP contribution is -2.44. The Balaban J connectivity index is 2.00. The molecule has 1 aliphatic heterocycles. The molecule has 1 aliphatic rings. The van der Waals surface area contributed by atoms with E-state index < -0.39 is 24.3 Å². The third kappa shape index (κ3) is 4.29. The maximum absolute atomic E-state index is 11.7. The molecule has 128 valence electrons. The molecule has 0 unspecified atom stereocenters. The maximum atomic E-state index is 11.7. The largest absolute Gasteiger partial charge is 0.395 e. The van der Waals surface area contributed by atoms with Crippen LogP contribution in [0.3, 0.4) is 0 Å². The number of hydrogen-bond acceptors (Lipinski definition) is 5. The van der Waals surface area contributed by atoms with Crippen LogP contribution in [0.15, 0.2) is 30.3 Å². The Morgan fingerprint density at radius 1 is 1.17 bits per heavy atom. The monoisotopic (exact) mass is 322 g/mol. The van der Waals surface area contributed by atoms with Crippen LogP contribution in [-0.2, 0) is 11.2 Å². The van der Waals surface area contributed by atoms with E-state index >= 15 is 0 Å². The third-order valence-electron chi connectivity index (χ3n) is 4.58. The van der Waals surface area contributed by atoms with Gasteiger partial charge in [-0.3, -0.25) is 9.69 Å². The summed E-state index contributed by atoms with van der Waals surface area (Å²) < 4.78 is 0. The number of aliphatic hydroxyl groups is 3. The molecule has 1 aromatic carbocycles. The van der Waals surface area contributed by atoms with E-state index in [0.717, 1.165) is 12.8 Å². The van der Waals surface area contributed by atoms with E-state index in [0.29, 0.717) is 6.54 Å². The molecule has 23 heavy (non-hydrogen) atoms. The molecule has 6 heteroatoms. The lowest BCUT2D eigenvalue weighted by molar-refractivity contribution is -0.122. The fourth-order valence-electron chi connectivity index (χ4n) is 3.28. The van der Waals surface area contributed by atoms with E-state index in [-0.39, 0.29) is 18.9 Å². The van der Waals surface area contributed by atoms with Gasteiger partial charge in [0.15, 0.2) is 0 Å². The van der Waals surface area contributed by atoms with Crippen molar-refractivity contribution in [3.63, 3.8) is 0 Å². The van der Waals surface area contributed by atoms with Crippen molar-refractivity contribution in [3.05, 3.63) is 35.9 Å². The number of likely N-dealkylation sites (tertiary alicyclic amines) is 1. The van der Waals surface area contributed by atoms with Gasteiger partial charge in [-0.2, -0.15) is 0 Å². The number of nitrogens with zero attached hydrogens (tertiary/aromatic N) is 1. The van der Waals surface area contributed by atoms with E-state index in [2.05, 4.69) is 17.4 Å². The Hall–Kier alpha value is -1.47. The predicted molar refractivity (Wildman–Crippen MR) is 86.8 cm³/mol. The van der Waals surface area contributed by atoms with Gasteiger partial charge < -0.3 is 20.6 Å². The van der Waals surface area contributed by atoms with Crippen LogP contribution in [0.2, 0.25) is 0 Å². The summed E-state index contributed by atoms with van der Waals surface area (Å²) in [4.78, 5) is 13.5. The van der Waals surface area contributed by atoms with Gasteiger partial charge in [0, 0.05) is 19.5 Å². The summed E-state index contributed by atoms with van der Waals surface area (Å²) in [6, 6.07) is 9.05. The molecule has 1 amide bonds. The summed E-state index contributed by atoms with van der Waals surface area (Å²) in [5, 5.41) is 32.4. The molecule has 0 radical (unpaired) electrons. The van der Waals surface area contributed by atoms with Gasteiger partial charge in [0.25, 0.3) is 0 Å². The van der Waals surface area contributed by atoms with Crippen LogP contribution in [0.25, 0.3) is 0 Å². The van der Waals surface area contributed by atoms with E-state index in [1.165, 1.54) is 5.56 Å². The molecule has 2 rings (SSSR count). The number of nitrogens with one attached hydrogen (secondary N) is 1. The van der Waals surface area contributed by atoms with Crippen LogP contribution in [0, 0.1) is 0 Å². The standard InChI is InChI=1S/C17H26N2O4/c1-18-15(21)10-13-16(22)17(23)14(11-20)19(13)9-5-8-12-6-3-2-4-7-12/h2-4,6-7,13-14,16-17,20,22-23H,5,8-11H2,1H3,(H,18,21)/t13-,14-,16+,17+/m0/s1. The summed E-state index contributed by atoms with van der Waals surface area (Å²) in [6.45, 7) is 0.365. The topological polar surface area (TPSA) is 93.0 Å². The molecule has 6 nitrogen and oxygen atoms in total. The number of amides is 1. The molecule has 0 bridgehead atoms. The summed E-state index contributed by atoms with van der Waals surface area (Å²) in [7, 11) is 1.55. The fourth-order valence-corrected chi connectivity index (χ4v) is 3.28. The molecule has 0 aromatic heterocycles. The predicted octanol–water partition coefficient (Wildman–Crippen LogP) is -0.478. The second-order valence-electron chi connectivity index (χ2n) is 6.00. The third-order valence-corrected chi connectivity index (χ3v) is 4.58. The van der Waals surface area contributed by atoms with Crippen LogP contribution >= 0.6 is 0 Å². The first-order valence-corrected chi connectivity index (χ1v) is 8.05. The van der Waals surface area contributed by atoms with Crippen molar-refractivity contribution in [2.75, 3.05) is 20.2 Å². The Morgan fingerprint density at radius 2 is 1.83 bits per heavy atom. The molecule has 1 fully saturated rings. The smallest absolute Gasteiger partial charge is 0.221 e. The average Bonchev–Trinajstić information content (AvgIpc) is 2.80. The Labute approximate surface area is 136 Å². The van der Waals surface area contributed by atoms with Crippen molar-refractivity contribution < 1.29 is 20.1 Å². The highest BCUT2D eigenvalue weighted by Gasteiger charge is 2.47. The minimum Gasteiger partial charge on any atom is -0.395 e. The van der Waals surface area contributed by atoms with E-state index in [1.54, 1.807) is 7.05 Å². The van der Waals surface area contributed by atoms with Crippen molar-refractivity contribution in [2.24, 2.45) is 0 Å². The Kier molecular flexibility index (Phi) is 6.53. The zero-order valence-corrected chi connectivity index (χ0v) is 13.4. The number of benzene rings is 1. The normalized spacial score (nSPS) is 28.0. The number of aryl methyl sites for hydroxylation is 1. The van der Waals surface area contributed by atoms with Gasteiger partial charge >= 0.3 is 0 Å². The maximum Gasteiger partial charge on any atom is 0.221 e. The molecule has 1 aromatic rings. The molecule has 1 saturated heterocycles. The lowest BCUT2D eigenvalue weighted by atomic mass is 10.1. The number of aliphatic hydroxyl groups excluding tert-OH is 3. The van der Waals surface area contributed by atoms with Gasteiger partial charge in [0.05, 0.1) is 24.9 Å². The Bertz CT molecular complexity index is 497. The van der Waals surface area contributed by atoms with Crippen molar-refractivity contribution >= 4 is 5.91 Å². The highest BCUT2D eigenvalue weighted by atomic mass is 16.3. The Morgan fingerprint density at radius 3 is 2.43 bits per heavy atom. The first-order valence-electron chi connectivity index (χ1n) is 8.05. The summed E-state index contributed by atoms with van der Waals surface area (Å²) in [5.74, 6) is -0.187. The molecule has 0 spiro atoms. The zero-order chi connectivity index (χ0) is 16.8. The number of hydrogen-bond donors (Lipinski definition) is 4. The molecule has 0 saturated carbocycles. The van der Waals surface area contributed by atoms with Gasteiger partial charge in [-0.1, -0.05) is 30.3 Å². The van der Waals surface area contributed by atoms with Gasteiger partial charge in [0.1, 0.15) is 0 Å². The molecule has 4 N–H and O–H groups in total. The van der Waals surface area contributed by atoms with E-state index in [1.807, 2.05) is 23.1 Å². The summed E-state index contributed by atoms with van der Waals surface area (Å²) in [6.07, 6.45) is -0.262. The van der Waals surface area contributed by atoms with Crippen molar-refractivity contribution in [3.8, 4) is 0 Å². The molecular formula is C17H26N2O4. The average molecular weight is 322 g/mol. The molecular weight excluding hydrogens is 296 g/mol. The second-order valence-corrected chi connectivity index (χ2v) is 6.00. The quantitative estimate of drug-likeness (QED) is 0.544. The highest BCUT2D eigenvalue weighted by molar-refractivity contribution is 5.76. The van der Waals surface area contributed by atoms with E-state index in [4.69, 9.17) is 0 Å².